The van der Waals surface area contributed by atoms with Gasteiger partial charge in [0.05, 0.1) is 12.8 Å². The molecular weight excluding hydrogens is 260 g/mol. The third-order valence-electron chi connectivity index (χ3n) is 3.67. The van der Waals surface area contributed by atoms with Gasteiger partial charge in [0.25, 0.3) is 0 Å². The van der Waals surface area contributed by atoms with E-state index < -0.39 is 5.97 Å². The minimum Gasteiger partial charge on any atom is -0.464 e. The van der Waals surface area contributed by atoms with Gasteiger partial charge in [-0.05, 0) is 31.8 Å². The van der Waals surface area contributed by atoms with Crippen LogP contribution in [0.15, 0.2) is 0 Å². The van der Waals surface area contributed by atoms with E-state index in [0.29, 0.717) is 12.2 Å². The standard InChI is InChI=1S/C13H22N4O3/c1-9(8-18)7-17-12(10-3-5-14-6-4-10)11(15-16-17)13(19)20-2/h9-10,14,18H,3-8H2,1-2H3. The van der Waals surface area contributed by atoms with E-state index >= 15 is 0 Å². The molecule has 1 unspecified atom stereocenters. The molecule has 1 aliphatic heterocycles. The Kier molecular flexibility index (Phi) is 5.08. The van der Waals surface area contributed by atoms with Gasteiger partial charge in [0.1, 0.15) is 0 Å². The molecule has 20 heavy (non-hydrogen) atoms. The second kappa shape index (κ2) is 6.81. The Morgan fingerprint density at radius 1 is 1.55 bits per heavy atom. The lowest BCUT2D eigenvalue weighted by Crippen LogP contribution is -2.29. The van der Waals surface area contributed by atoms with Crippen LogP contribution in [0.2, 0.25) is 0 Å². The molecule has 1 aromatic rings. The minimum absolute atomic E-state index is 0.0719. The van der Waals surface area contributed by atoms with E-state index in [4.69, 9.17) is 4.74 Å². The number of hydrogen-bond acceptors (Lipinski definition) is 6. The normalized spacial score (nSPS) is 17.9. The lowest BCUT2D eigenvalue weighted by Gasteiger charge is -2.24. The zero-order valence-electron chi connectivity index (χ0n) is 12.0. The number of aromatic nitrogens is 3. The summed E-state index contributed by atoms with van der Waals surface area (Å²) < 4.78 is 6.55. The highest BCUT2D eigenvalue weighted by molar-refractivity contribution is 5.88. The molecule has 7 heteroatoms. The van der Waals surface area contributed by atoms with E-state index in [1.165, 1.54) is 7.11 Å². The number of carbonyl (C=O) groups is 1. The summed E-state index contributed by atoms with van der Waals surface area (Å²) in [7, 11) is 1.35. The molecule has 0 bridgehead atoms. The van der Waals surface area contributed by atoms with E-state index in [2.05, 4.69) is 15.6 Å². The number of carbonyl (C=O) groups excluding carboxylic acids is 1. The highest BCUT2D eigenvalue weighted by Crippen LogP contribution is 2.28. The highest BCUT2D eigenvalue weighted by Gasteiger charge is 2.28. The molecule has 0 aromatic carbocycles. The first-order valence-corrected chi connectivity index (χ1v) is 7.00. The van der Waals surface area contributed by atoms with Crippen LogP contribution < -0.4 is 5.32 Å². The molecule has 1 atom stereocenters. The molecule has 1 aliphatic rings. The van der Waals surface area contributed by atoms with Gasteiger partial charge in [-0.1, -0.05) is 12.1 Å². The Morgan fingerprint density at radius 2 is 2.25 bits per heavy atom. The first-order chi connectivity index (χ1) is 9.67. The first kappa shape index (κ1) is 14.9. The van der Waals surface area contributed by atoms with E-state index in [-0.39, 0.29) is 18.4 Å². The summed E-state index contributed by atoms with van der Waals surface area (Å²) in [6.45, 7) is 4.42. The summed E-state index contributed by atoms with van der Waals surface area (Å²) in [5, 5.41) is 20.6. The molecule has 0 saturated carbocycles. The van der Waals surface area contributed by atoms with Crippen molar-refractivity contribution in [1.29, 1.82) is 0 Å². The Labute approximate surface area is 118 Å². The van der Waals surface area contributed by atoms with Crippen molar-refractivity contribution in [1.82, 2.24) is 20.3 Å². The third-order valence-corrected chi connectivity index (χ3v) is 3.67. The molecular formula is C13H22N4O3. The Balaban J connectivity index is 2.31. The first-order valence-electron chi connectivity index (χ1n) is 7.00. The smallest absolute Gasteiger partial charge is 0.360 e. The summed E-state index contributed by atoms with van der Waals surface area (Å²) >= 11 is 0. The quantitative estimate of drug-likeness (QED) is 0.748. The number of hydrogen-bond donors (Lipinski definition) is 2. The minimum atomic E-state index is -0.443. The maximum absolute atomic E-state index is 11.8. The Hall–Kier alpha value is -1.47. The van der Waals surface area contributed by atoms with Crippen LogP contribution in [-0.2, 0) is 11.3 Å². The van der Waals surface area contributed by atoms with Gasteiger partial charge < -0.3 is 15.2 Å². The molecule has 112 valence electrons. The van der Waals surface area contributed by atoms with Crippen molar-refractivity contribution in [2.75, 3.05) is 26.8 Å². The van der Waals surface area contributed by atoms with Crippen LogP contribution in [-0.4, -0.2) is 52.9 Å². The summed E-state index contributed by atoms with van der Waals surface area (Å²) in [6, 6.07) is 0. The van der Waals surface area contributed by atoms with Gasteiger partial charge in [-0.3, -0.25) is 0 Å². The second-order valence-corrected chi connectivity index (χ2v) is 5.31. The van der Waals surface area contributed by atoms with Gasteiger partial charge in [0, 0.05) is 19.1 Å². The SMILES string of the molecule is COC(=O)c1nnn(CC(C)CO)c1C1CCNCC1. The molecule has 7 nitrogen and oxygen atoms in total. The predicted octanol–water partition coefficient (Wildman–Crippen LogP) is 0.160. The fourth-order valence-corrected chi connectivity index (χ4v) is 2.55. The lowest BCUT2D eigenvalue weighted by atomic mass is 9.93. The summed E-state index contributed by atoms with van der Waals surface area (Å²) in [6.07, 6.45) is 1.90. The van der Waals surface area contributed by atoms with E-state index in [0.717, 1.165) is 31.6 Å². The van der Waals surface area contributed by atoms with Crippen molar-refractivity contribution in [3.05, 3.63) is 11.4 Å². The predicted molar refractivity (Wildman–Crippen MR) is 72.5 cm³/mol. The van der Waals surface area contributed by atoms with Crippen molar-refractivity contribution < 1.29 is 14.6 Å². The topological polar surface area (TPSA) is 89.3 Å². The highest BCUT2D eigenvalue weighted by atomic mass is 16.5. The molecule has 0 radical (unpaired) electrons. The van der Waals surface area contributed by atoms with E-state index in [9.17, 15) is 9.90 Å². The largest absolute Gasteiger partial charge is 0.464 e. The fraction of sp³-hybridized carbons (Fsp3) is 0.769. The second-order valence-electron chi connectivity index (χ2n) is 5.31. The van der Waals surface area contributed by atoms with Crippen LogP contribution >= 0.6 is 0 Å². The monoisotopic (exact) mass is 282 g/mol. The van der Waals surface area contributed by atoms with Crippen molar-refractivity contribution in [3.63, 3.8) is 0 Å². The Bertz CT molecular complexity index is 454. The zero-order valence-corrected chi connectivity index (χ0v) is 12.0. The van der Waals surface area contributed by atoms with E-state index in [1.54, 1.807) is 4.68 Å². The van der Waals surface area contributed by atoms with Gasteiger partial charge in [0.15, 0.2) is 5.69 Å². The Morgan fingerprint density at radius 3 is 2.85 bits per heavy atom. The number of nitrogens with one attached hydrogen (secondary N) is 1. The number of methoxy groups -OCH3 is 1. The molecule has 2 N–H and O–H groups in total. The number of aliphatic hydroxyl groups excluding tert-OH is 1. The van der Waals surface area contributed by atoms with Crippen LogP contribution in [0, 0.1) is 5.92 Å². The third kappa shape index (κ3) is 3.16. The molecule has 1 saturated heterocycles. The number of nitrogens with zero attached hydrogens (tertiary/aromatic N) is 3. The summed E-state index contributed by atoms with van der Waals surface area (Å²) in [5.41, 5.74) is 1.16. The fourth-order valence-electron chi connectivity index (χ4n) is 2.55. The molecule has 2 rings (SSSR count). The molecule has 1 fully saturated rings. The lowest BCUT2D eigenvalue weighted by molar-refractivity contribution is 0.0591. The van der Waals surface area contributed by atoms with Crippen LogP contribution in [0.4, 0.5) is 0 Å². The van der Waals surface area contributed by atoms with Crippen molar-refractivity contribution >= 4 is 5.97 Å². The summed E-state index contributed by atoms with van der Waals surface area (Å²) in [5.74, 6) is -0.115. The molecule has 0 aliphatic carbocycles. The number of esters is 1. The number of rotatable bonds is 5. The van der Waals surface area contributed by atoms with E-state index in [1.807, 2.05) is 6.92 Å². The van der Waals surface area contributed by atoms with Crippen LogP contribution in [0.3, 0.4) is 0 Å². The number of piperidine rings is 1. The van der Waals surface area contributed by atoms with Crippen LogP contribution in [0.5, 0.6) is 0 Å². The van der Waals surface area contributed by atoms with Crippen LogP contribution in [0.25, 0.3) is 0 Å². The summed E-state index contributed by atoms with van der Waals surface area (Å²) in [4.78, 5) is 11.8. The maximum Gasteiger partial charge on any atom is 0.360 e. The molecule has 1 aromatic heterocycles. The van der Waals surface area contributed by atoms with Crippen molar-refractivity contribution in [3.8, 4) is 0 Å². The number of ether oxygens (including phenoxy) is 1. The molecule has 0 spiro atoms. The van der Waals surface area contributed by atoms with Crippen molar-refractivity contribution in [2.24, 2.45) is 5.92 Å². The average molecular weight is 282 g/mol. The number of aliphatic hydroxyl groups is 1. The molecule has 0 amide bonds. The van der Waals surface area contributed by atoms with Gasteiger partial charge in [-0.25, -0.2) is 9.48 Å². The van der Waals surface area contributed by atoms with Crippen molar-refractivity contribution in [2.45, 2.75) is 32.2 Å². The van der Waals surface area contributed by atoms with Gasteiger partial charge >= 0.3 is 5.97 Å². The average Bonchev–Trinajstić information content (AvgIpc) is 2.90. The van der Waals surface area contributed by atoms with Gasteiger partial charge in [0.2, 0.25) is 0 Å². The molecule has 2 heterocycles. The zero-order chi connectivity index (χ0) is 14.5. The van der Waals surface area contributed by atoms with Gasteiger partial charge in [-0.2, -0.15) is 0 Å². The van der Waals surface area contributed by atoms with Gasteiger partial charge in [-0.15, -0.1) is 5.10 Å². The van der Waals surface area contributed by atoms with Crippen LogP contribution in [0.1, 0.15) is 41.9 Å². The maximum atomic E-state index is 11.8.